The van der Waals surface area contributed by atoms with E-state index < -0.39 is 35.4 Å². The fourth-order valence-corrected chi connectivity index (χ4v) is 2.11. The lowest BCUT2D eigenvalue weighted by Crippen LogP contribution is -2.37. The number of carboxylic acids is 1. The van der Waals surface area contributed by atoms with E-state index in [-0.39, 0.29) is 21.9 Å². The normalized spacial score (nSPS) is 12.5. The molecule has 0 aliphatic heterocycles. The number of carbonyl (C=O) groups excluding carboxylic acids is 2. The van der Waals surface area contributed by atoms with Crippen LogP contribution in [0, 0.1) is 18.2 Å². The van der Waals surface area contributed by atoms with Crippen molar-refractivity contribution in [2.75, 3.05) is 4.90 Å². The molecule has 0 bridgehead atoms. The summed E-state index contributed by atoms with van der Waals surface area (Å²) in [5.74, 6) is -1.81. The Kier molecular flexibility index (Phi) is 6.93. The highest BCUT2D eigenvalue weighted by molar-refractivity contribution is 6.32. The Bertz CT molecular complexity index is 841. The number of aliphatic carboxylic acids is 1. The summed E-state index contributed by atoms with van der Waals surface area (Å²) in [4.78, 5) is 36.1. The summed E-state index contributed by atoms with van der Waals surface area (Å²) >= 11 is 5.91. The van der Waals surface area contributed by atoms with Crippen molar-refractivity contribution >= 4 is 35.1 Å². The van der Waals surface area contributed by atoms with Crippen molar-refractivity contribution in [1.82, 2.24) is 0 Å². The number of carboxylic acid groups (broad SMARTS) is 1. The molecular formula is C18H17ClFNO5. The van der Waals surface area contributed by atoms with Crippen LogP contribution in [0.3, 0.4) is 0 Å². The van der Waals surface area contributed by atoms with Gasteiger partial charge in [-0.2, -0.15) is 0 Å². The van der Waals surface area contributed by atoms with Crippen LogP contribution in [0.15, 0.2) is 23.3 Å². The number of imide groups is 1. The second-order valence-electron chi connectivity index (χ2n) is 5.38. The van der Waals surface area contributed by atoms with Crippen LogP contribution in [0.4, 0.5) is 10.1 Å². The van der Waals surface area contributed by atoms with Gasteiger partial charge in [-0.05, 0) is 26.8 Å². The molecule has 26 heavy (non-hydrogen) atoms. The van der Waals surface area contributed by atoms with Gasteiger partial charge in [-0.15, -0.1) is 6.42 Å². The van der Waals surface area contributed by atoms with Gasteiger partial charge in [-0.25, -0.2) is 14.1 Å². The zero-order chi connectivity index (χ0) is 20.2. The first kappa shape index (κ1) is 21.2. The number of amides is 2. The first-order valence-corrected chi connectivity index (χ1v) is 7.76. The Morgan fingerprint density at radius 3 is 2.31 bits per heavy atom. The van der Waals surface area contributed by atoms with Gasteiger partial charge in [-0.3, -0.25) is 9.59 Å². The highest BCUT2D eigenvalue weighted by atomic mass is 35.5. The third-order valence-electron chi connectivity index (χ3n) is 3.50. The highest BCUT2D eigenvalue weighted by Gasteiger charge is 2.28. The first-order chi connectivity index (χ1) is 12.0. The Labute approximate surface area is 155 Å². The fourth-order valence-electron chi connectivity index (χ4n) is 1.92. The summed E-state index contributed by atoms with van der Waals surface area (Å²) in [6.45, 7) is 5.03. The Balaban J connectivity index is 3.52. The molecule has 0 fully saturated rings. The van der Waals surface area contributed by atoms with Gasteiger partial charge in [0, 0.05) is 24.1 Å². The van der Waals surface area contributed by atoms with Crippen LogP contribution >= 0.6 is 11.6 Å². The van der Waals surface area contributed by atoms with Crippen LogP contribution in [-0.2, 0) is 14.4 Å². The predicted molar refractivity (Wildman–Crippen MR) is 94.5 cm³/mol. The van der Waals surface area contributed by atoms with Gasteiger partial charge < -0.3 is 9.84 Å². The minimum atomic E-state index is -1.33. The van der Waals surface area contributed by atoms with Gasteiger partial charge in [0.05, 0.1) is 10.7 Å². The predicted octanol–water partition coefficient (Wildman–Crippen LogP) is 3.18. The lowest BCUT2D eigenvalue weighted by atomic mass is 10.1. The Hall–Kier alpha value is -2.85. The van der Waals surface area contributed by atoms with E-state index in [1.807, 2.05) is 0 Å². The largest absolute Gasteiger partial charge is 0.478 e. The van der Waals surface area contributed by atoms with Gasteiger partial charge in [0.25, 0.3) is 5.91 Å². The van der Waals surface area contributed by atoms with E-state index in [4.69, 9.17) is 27.9 Å². The topological polar surface area (TPSA) is 83.9 Å². The van der Waals surface area contributed by atoms with Crippen LogP contribution in [0.1, 0.15) is 27.7 Å². The molecule has 6 nitrogen and oxygen atoms in total. The Morgan fingerprint density at radius 2 is 1.85 bits per heavy atom. The third-order valence-corrected chi connectivity index (χ3v) is 3.80. The van der Waals surface area contributed by atoms with E-state index in [1.54, 1.807) is 6.92 Å². The number of hydrogen-bond donors (Lipinski definition) is 1. The molecule has 0 aromatic heterocycles. The lowest BCUT2D eigenvalue weighted by molar-refractivity contribution is -0.133. The molecule has 1 aromatic carbocycles. The summed E-state index contributed by atoms with van der Waals surface area (Å²) in [6, 6.07) is 1.94. The van der Waals surface area contributed by atoms with E-state index in [9.17, 15) is 18.8 Å². The zero-order valence-corrected chi connectivity index (χ0v) is 15.3. The second-order valence-corrected chi connectivity index (χ2v) is 5.78. The molecule has 1 atom stereocenters. The van der Waals surface area contributed by atoms with Gasteiger partial charge >= 0.3 is 5.97 Å². The van der Waals surface area contributed by atoms with Crippen LogP contribution < -0.4 is 9.64 Å². The van der Waals surface area contributed by atoms with Crippen LogP contribution in [0.5, 0.6) is 5.75 Å². The fraction of sp³-hybridized carbons (Fsp3) is 0.278. The number of nitrogens with zero attached hydrogens (tertiary/aromatic N) is 1. The van der Waals surface area contributed by atoms with Crippen molar-refractivity contribution in [3.05, 3.63) is 34.1 Å². The molecule has 0 saturated heterocycles. The van der Waals surface area contributed by atoms with E-state index in [0.717, 1.165) is 19.1 Å². The van der Waals surface area contributed by atoms with E-state index in [1.165, 1.54) is 13.8 Å². The van der Waals surface area contributed by atoms with E-state index >= 15 is 0 Å². The number of anilines is 1. The summed E-state index contributed by atoms with van der Waals surface area (Å²) in [5, 5.41) is 8.91. The summed E-state index contributed by atoms with van der Waals surface area (Å²) in [6.07, 6.45) is 4.53. The molecule has 0 heterocycles. The molecule has 1 rings (SSSR count). The lowest BCUT2D eigenvalue weighted by Gasteiger charge is -2.22. The number of terminal acetylenes is 1. The third kappa shape index (κ3) is 4.61. The monoisotopic (exact) mass is 381 g/mol. The molecule has 0 saturated carbocycles. The number of halogens is 2. The first-order valence-electron chi connectivity index (χ1n) is 7.38. The number of hydrogen-bond acceptors (Lipinski definition) is 4. The highest BCUT2D eigenvalue weighted by Crippen LogP contribution is 2.34. The summed E-state index contributed by atoms with van der Waals surface area (Å²) < 4.78 is 19.7. The maximum atomic E-state index is 14.4. The van der Waals surface area contributed by atoms with Gasteiger partial charge in [0.1, 0.15) is 11.6 Å². The maximum absolute atomic E-state index is 14.4. The van der Waals surface area contributed by atoms with Crippen molar-refractivity contribution in [2.45, 2.75) is 33.8 Å². The molecule has 1 unspecified atom stereocenters. The van der Waals surface area contributed by atoms with Crippen molar-refractivity contribution < 1.29 is 28.6 Å². The smallest absolute Gasteiger partial charge is 0.331 e. The van der Waals surface area contributed by atoms with Crippen LogP contribution in [0.25, 0.3) is 0 Å². The second kappa shape index (κ2) is 8.50. The zero-order valence-electron chi connectivity index (χ0n) is 14.6. The molecule has 138 valence electrons. The quantitative estimate of drug-likeness (QED) is 0.625. The van der Waals surface area contributed by atoms with Gasteiger partial charge in [0.15, 0.2) is 6.10 Å². The van der Waals surface area contributed by atoms with Crippen molar-refractivity contribution in [3.8, 4) is 18.1 Å². The molecular weight excluding hydrogens is 365 g/mol. The minimum Gasteiger partial charge on any atom is -0.478 e. The molecule has 0 aliphatic carbocycles. The van der Waals surface area contributed by atoms with Crippen molar-refractivity contribution in [3.63, 3.8) is 0 Å². The molecule has 2 amide bonds. The maximum Gasteiger partial charge on any atom is 0.331 e. The van der Waals surface area contributed by atoms with Crippen molar-refractivity contribution in [1.29, 1.82) is 0 Å². The average Bonchev–Trinajstić information content (AvgIpc) is 2.56. The van der Waals surface area contributed by atoms with Gasteiger partial charge in [-0.1, -0.05) is 17.5 Å². The SMILES string of the molecule is C#CC(C)Oc1cc(N(C(C)=O)C(=O)/C(C)=C(/C)C(=O)O)c(F)cc1Cl. The number of rotatable bonds is 5. The van der Waals surface area contributed by atoms with Crippen molar-refractivity contribution in [2.24, 2.45) is 0 Å². The number of ether oxygens (including phenoxy) is 1. The van der Waals surface area contributed by atoms with Gasteiger partial charge in [0.2, 0.25) is 5.91 Å². The number of carbonyl (C=O) groups is 3. The molecule has 0 spiro atoms. The molecule has 0 aliphatic rings. The molecule has 0 radical (unpaired) electrons. The van der Waals surface area contributed by atoms with Crippen LogP contribution in [-0.4, -0.2) is 29.0 Å². The minimum absolute atomic E-state index is 0.0239. The van der Waals surface area contributed by atoms with E-state index in [0.29, 0.717) is 4.90 Å². The number of benzene rings is 1. The summed E-state index contributed by atoms with van der Waals surface area (Å²) in [5.41, 5.74) is -0.918. The molecule has 1 N–H and O–H groups in total. The summed E-state index contributed by atoms with van der Waals surface area (Å²) in [7, 11) is 0. The Morgan fingerprint density at radius 1 is 1.27 bits per heavy atom. The standard InChI is InChI=1S/C18H17ClFNO5/c1-6-9(2)26-16-8-15(14(20)7-13(16)19)21(12(5)22)17(23)10(3)11(4)18(24)25/h1,7-9H,2-5H3,(H,24,25)/b11-10-. The molecule has 1 aromatic rings. The average molecular weight is 382 g/mol. The van der Waals surface area contributed by atoms with E-state index in [2.05, 4.69) is 5.92 Å². The molecule has 8 heteroatoms. The van der Waals surface area contributed by atoms with Crippen LogP contribution in [0.2, 0.25) is 5.02 Å².